The summed E-state index contributed by atoms with van der Waals surface area (Å²) in [6.07, 6.45) is 1.68. The fraction of sp³-hybridized carbons (Fsp3) is 0.333. The van der Waals surface area contributed by atoms with Crippen molar-refractivity contribution < 1.29 is 14.7 Å². The van der Waals surface area contributed by atoms with E-state index in [0.29, 0.717) is 5.56 Å². The predicted molar refractivity (Wildman–Crippen MR) is 63.8 cm³/mol. The summed E-state index contributed by atoms with van der Waals surface area (Å²) in [4.78, 5) is 21.8. The van der Waals surface area contributed by atoms with E-state index in [-0.39, 0.29) is 12.1 Å². The molecule has 0 aromatic heterocycles. The molecule has 0 bridgehead atoms. The maximum atomic E-state index is 11.1. The van der Waals surface area contributed by atoms with Crippen molar-refractivity contribution in [1.29, 1.82) is 0 Å². The summed E-state index contributed by atoms with van der Waals surface area (Å²) < 4.78 is 0. The maximum Gasteiger partial charge on any atom is 0.336 e. The first-order valence-electron chi connectivity index (χ1n) is 5.43. The van der Waals surface area contributed by atoms with Crippen LogP contribution < -0.4 is 11.1 Å². The van der Waals surface area contributed by atoms with Gasteiger partial charge in [-0.05, 0) is 23.6 Å². The monoisotopic (exact) mass is 236 g/mol. The summed E-state index contributed by atoms with van der Waals surface area (Å²) in [5.74, 6) is -0.996. The Balaban J connectivity index is 3.08. The maximum absolute atomic E-state index is 11.1. The first kappa shape index (κ1) is 13.0. The fourth-order valence-electron chi connectivity index (χ4n) is 1.72. The van der Waals surface area contributed by atoms with Crippen molar-refractivity contribution in [2.24, 2.45) is 5.73 Å². The molecule has 1 aromatic carbocycles. The molecular weight excluding hydrogens is 220 g/mol. The van der Waals surface area contributed by atoms with Crippen molar-refractivity contribution in [3.63, 3.8) is 0 Å². The van der Waals surface area contributed by atoms with E-state index in [4.69, 9.17) is 10.8 Å². The Bertz CT molecular complexity index is 430. The summed E-state index contributed by atoms with van der Waals surface area (Å²) >= 11 is 0. The van der Waals surface area contributed by atoms with Crippen molar-refractivity contribution >= 4 is 12.0 Å². The Labute approximate surface area is 99.6 Å². The smallest absolute Gasteiger partial charge is 0.336 e. The van der Waals surface area contributed by atoms with E-state index in [9.17, 15) is 9.59 Å². The quantitative estimate of drug-likeness (QED) is 0.723. The molecule has 0 saturated carbocycles. The average Bonchev–Trinajstić information content (AvgIpc) is 2.27. The average molecular weight is 236 g/mol. The Morgan fingerprint density at radius 1 is 1.41 bits per heavy atom. The van der Waals surface area contributed by atoms with Crippen molar-refractivity contribution in [2.45, 2.75) is 26.3 Å². The van der Waals surface area contributed by atoms with Crippen LogP contribution in [-0.4, -0.2) is 17.1 Å². The SMILES string of the molecule is CCCc1cccc(C(=O)O)c1CNC(N)=O. The molecule has 0 aliphatic heterocycles. The van der Waals surface area contributed by atoms with Crippen LogP contribution in [0.4, 0.5) is 4.79 Å². The molecule has 0 heterocycles. The standard InChI is InChI=1S/C12H16N2O3/c1-2-4-8-5-3-6-9(11(15)16)10(8)7-14-12(13)17/h3,5-6H,2,4,7H2,1H3,(H,15,16)(H3,13,14,17). The van der Waals surface area contributed by atoms with Crippen LogP contribution in [0.3, 0.4) is 0 Å². The molecule has 0 aliphatic carbocycles. The van der Waals surface area contributed by atoms with E-state index in [2.05, 4.69) is 5.32 Å². The highest BCUT2D eigenvalue weighted by molar-refractivity contribution is 5.90. The number of nitrogens with two attached hydrogens (primary N) is 1. The molecule has 0 unspecified atom stereocenters. The second-order valence-electron chi connectivity index (χ2n) is 3.72. The van der Waals surface area contributed by atoms with Gasteiger partial charge in [0.2, 0.25) is 0 Å². The van der Waals surface area contributed by atoms with E-state index in [1.54, 1.807) is 6.07 Å². The molecule has 0 aliphatic rings. The second kappa shape index (κ2) is 5.89. The molecule has 92 valence electrons. The van der Waals surface area contributed by atoms with Gasteiger partial charge in [0.25, 0.3) is 0 Å². The van der Waals surface area contributed by atoms with Gasteiger partial charge in [-0.3, -0.25) is 0 Å². The lowest BCUT2D eigenvalue weighted by molar-refractivity contribution is 0.0695. The number of amides is 2. The van der Waals surface area contributed by atoms with Crippen LogP contribution in [0.5, 0.6) is 0 Å². The number of nitrogens with one attached hydrogen (secondary N) is 1. The molecule has 17 heavy (non-hydrogen) atoms. The second-order valence-corrected chi connectivity index (χ2v) is 3.72. The first-order chi connectivity index (χ1) is 8.06. The third kappa shape index (κ3) is 3.48. The van der Waals surface area contributed by atoms with Crippen molar-refractivity contribution in [3.8, 4) is 0 Å². The van der Waals surface area contributed by atoms with Gasteiger partial charge in [-0.15, -0.1) is 0 Å². The Morgan fingerprint density at radius 2 is 2.12 bits per heavy atom. The van der Waals surface area contributed by atoms with Crippen LogP contribution in [0.25, 0.3) is 0 Å². The van der Waals surface area contributed by atoms with Gasteiger partial charge < -0.3 is 16.2 Å². The van der Waals surface area contributed by atoms with E-state index in [1.165, 1.54) is 6.07 Å². The molecule has 0 radical (unpaired) electrons. The lowest BCUT2D eigenvalue weighted by Crippen LogP contribution is -2.29. The molecule has 2 amide bonds. The van der Waals surface area contributed by atoms with E-state index < -0.39 is 12.0 Å². The molecule has 0 saturated heterocycles. The zero-order valence-corrected chi connectivity index (χ0v) is 9.69. The number of urea groups is 1. The topological polar surface area (TPSA) is 92.4 Å². The molecule has 5 heteroatoms. The van der Waals surface area contributed by atoms with Gasteiger partial charge >= 0.3 is 12.0 Å². The number of primary amides is 1. The number of rotatable bonds is 5. The van der Waals surface area contributed by atoms with Gasteiger partial charge in [-0.2, -0.15) is 0 Å². The minimum atomic E-state index is -0.996. The number of hydrogen-bond donors (Lipinski definition) is 3. The number of aryl methyl sites for hydroxylation is 1. The number of carbonyl (C=O) groups is 2. The number of aromatic carboxylic acids is 1. The minimum absolute atomic E-state index is 0.146. The number of hydrogen-bond acceptors (Lipinski definition) is 2. The van der Waals surface area contributed by atoms with Gasteiger partial charge in [-0.25, -0.2) is 9.59 Å². The summed E-state index contributed by atoms with van der Waals surface area (Å²) in [7, 11) is 0. The highest BCUT2D eigenvalue weighted by atomic mass is 16.4. The fourth-order valence-corrected chi connectivity index (χ4v) is 1.72. The molecule has 0 atom stereocenters. The third-order valence-electron chi connectivity index (χ3n) is 2.46. The summed E-state index contributed by atoms with van der Waals surface area (Å²) in [6, 6.07) is 4.45. The lowest BCUT2D eigenvalue weighted by Gasteiger charge is -2.12. The third-order valence-corrected chi connectivity index (χ3v) is 2.46. The van der Waals surface area contributed by atoms with Crippen LogP contribution in [0.15, 0.2) is 18.2 Å². The van der Waals surface area contributed by atoms with Gasteiger partial charge in [0.1, 0.15) is 0 Å². The van der Waals surface area contributed by atoms with Crippen LogP contribution in [0, 0.1) is 0 Å². The van der Waals surface area contributed by atoms with Gasteiger partial charge in [-0.1, -0.05) is 25.5 Å². The van der Waals surface area contributed by atoms with Gasteiger partial charge in [0, 0.05) is 6.54 Å². The van der Waals surface area contributed by atoms with E-state index >= 15 is 0 Å². The molecule has 0 fully saturated rings. The zero-order chi connectivity index (χ0) is 12.8. The summed E-state index contributed by atoms with van der Waals surface area (Å²) in [6.45, 7) is 2.16. The van der Waals surface area contributed by atoms with Crippen molar-refractivity contribution in [2.75, 3.05) is 0 Å². The largest absolute Gasteiger partial charge is 0.478 e. The number of carboxylic acid groups (broad SMARTS) is 1. The summed E-state index contributed by atoms with van der Waals surface area (Å²) in [5, 5.41) is 11.5. The van der Waals surface area contributed by atoms with Gasteiger partial charge in [0.15, 0.2) is 0 Å². The highest BCUT2D eigenvalue weighted by Gasteiger charge is 2.13. The number of carbonyl (C=O) groups excluding carboxylic acids is 1. The van der Waals surface area contributed by atoms with Crippen LogP contribution in [0.2, 0.25) is 0 Å². The van der Waals surface area contributed by atoms with Gasteiger partial charge in [0.05, 0.1) is 5.56 Å². The Kier molecular flexibility index (Phi) is 4.51. The van der Waals surface area contributed by atoms with Crippen LogP contribution in [-0.2, 0) is 13.0 Å². The van der Waals surface area contributed by atoms with E-state index in [0.717, 1.165) is 18.4 Å². The normalized spacial score (nSPS) is 9.94. The molecule has 1 aromatic rings. The van der Waals surface area contributed by atoms with Crippen molar-refractivity contribution in [3.05, 3.63) is 34.9 Å². The lowest BCUT2D eigenvalue weighted by atomic mass is 9.98. The molecule has 4 N–H and O–H groups in total. The Morgan fingerprint density at radius 3 is 2.65 bits per heavy atom. The number of carboxylic acids is 1. The molecule has 5 nitrogen and oxygen atoms in total. The van der Waals surface area contributed by atoms with Crippen molar-refractivity contribution in [1.82, 2.24) is 5.32 Å². The molecule has 0 spiro atoms. The van der Waals surface area contributed by atoms with Crippen LogP contribution >= 0.6 is 0 Å². The minimum Gasteiger partial charge on any atom is -0.478 e. The predicted octanol–water partition coefficient (Wildman–Crippen LogP) is 1.51. The number of benzene rings is 1. The van der Waals surface area contributed by atoms with E-state index in [1.807, 2.05) is 13.0 Å². The Hall–Kier alpha value is -2.04. The van der Waals surface area contributed by atoms with Crippen LogP contribution in [0.1, 0.15) is 34.8 Å². The zero-order valence-electron chi connectivity index (χ0n) is 9.69. The molecular formula is C12H16N2O3. The summed E-state index contributed by atoms with van der Waals surface area (Å²) in [5.41, 5.74) is 6.76. The molecule has 1 rings (SSSR count). The highest BCUT2D eigenvalue weighted by Crippen LogP contribution is 2.17. The first-order valence-corrected chi connectivity index (χ1v) is 5.43.